The van der Waals surface area contributed by atoms with Crippen LogP contribution in [0.15, 0.2) is 28.9 Å². The molecule has 3 heteroatoms. The number of hydrogen-bond acceptors (Lipinski definition) is 3. The zero-order valence-corrected chi connectivity index (χ0v) is 8.36. The minimum absolute atomic E-state index is 0.0820. The summed E-state index contributed by atoms with van der Waals surface area (Å²) in [6.45, 7) is 3.59. The van der Waals surface area contributed by atoms with Gasteiger partial charge >= 0.3 is 0 Å². The summed E-state index contributed by atoms with van der Waals surface area (Å²) in [4.78, 5) is 26.1. The van der Waals surface area contributed by atoms with Gasteiger partial charge in [0.15, 0.2) is 6.29 Å². The molecule has 0 aromatic rings. The molecule has 0 N–H and O–H groups in total. The van der Waals surface area contributed by atoms with Gasteiger partial charge in [0, 0.05) is 12.6 Å². The second-order valence-corrected chi connectivity index (χ2v) is 3.38. The summed E-state index contributed by atoms with van der Waals surface area (Å²) in [5, 5.41) is 0. The topological polar surface area (TPSA) is 46.5 Å². The van der Waals surface area contributed by atoms with E-state index in [4.69, 9.17) is 0 Å². The van der Waals surface area contributed by atoms with Gasteiger partial charge in [0.1, 0.15) is 5.78 Å². The molecule has 0 amide bonds. The molecule has 14 heavy (non-hydrogen) atoms. The van der Waals surface area contributed by atoms with Gasteiger partial charge in [-0.1, -0.05) is 13.0 Å². The summed E-state index contributed by atoms with van der Waals surface area (Å²) in [5.74, 6) is 0.0820. The molecule has 1 unspecified atom stereocenters. The molecular formula is C11H13NO2. The van der Waals surface area contributed by atoms with Crippen LogP contribution in [-0.4, -0.2) is 18.3 Å². The average molecular weight is 191 g/mol. The van der Waals surface area contributed by atoms with Crippen molar-refractivity contribution in [1.29, 1.82) is 0 Å². The van der Waals surface area contributed by atoms with Gasteiger partial charge in [-0.05, 0) is 19.1 Å². The number of aldehydes is 1. The molecule has 0 saturated heterocycles. The number of allylic oxidation sites excluding steroid dienone is 4. The number of aliphatic imine (C=N–C) groups is 1. The quantitative estimate of drug-likeness (QED) is 0.637. The first-order valence-electron chi connectivity index (χ1n) is 4.55. The average Bonchev–Trinajstić information content (AvgIpc) is 2.39. The van der Waals surface area contributed by atoms with E-state index in [-0.39, 0.29) is 5.78 Å². The van der Waals surface area contributed by atoms with Crippen LogP contribution in [0.4, 0.5) is 0 Å². The molecule has 74 valence electrons. The SMILES string of the molecule is CCC(=O)C1(C)C=CC=NC(C=O)=C1. The summed E-state index contributed by atoms with van der Waals surface area (Å²) >= 11 is 0. The van der Waals surface area contributed by atoms with Gasteiger partial charge in [-0.2, -0.15) is 0 Å². The van der Waals surface area contributed by atoms with Crippen LogP contribution < -0.4 is 0 Å². The molecule has 0 bridgehead atoms. The first kappa shape index (κ1) is 10.6. The molecule has 0 aliphatic carbocycles. The number of rotatable bonds is 3. The Bertz CT molecular complexity index is 339. The second-order valence-electron chi connectivity index (χ2n) is 3.38. The second kappa shape index (κ2) is 4.13. The fourth-order valence-electron chi connectivity index (χ4n) is 1.38. The highest BCUT2D eigenvalue weighted by Crippen LogP contribution is 2.26. The highest BCUT2D eigenvalue weighted by atomic mass is 16.1. The standard InChI is InChI=1S/C11H13NO2/c1-3-10(14)11(2)5-4-6-12-9(7-11)8-13/h4-8H,3H2,1-2H3. The van der Waals surface area contributed by atoms with Crippen LogP contribution in [-0.2, 0) is 9.59 Å². The molecule has 1 atom stereocenters. The Morgan fingerprint density at radius 3 is 2.93 bits per heavy atom. The molecule has 0 saturated carbocycles. The van der Waals surface area contributed by atoms with Gasteiger partial charge in [-0.25, -0.2) is 0 Å². The van der Waals surface area contributed by atoms with E-state index in [1.165, 1.54) is 6.21 Å². The summed E-state index contributed by atoms with van der Waals surface area (Å²) in [7, 11) is 0. The van der Waals surface area contributed by atoms with Crippen molar-refractivity contribution in [1.82, 2.24) is 0 Å². The first-order chi connectivity index (χ1) is 6.62. The van der Waals surface area contributed by atoms with Crippen molar-refractivity contribution in [3.05, 3.63) is 23.9 Å². The fourth-order valence-corrected chi connectivity index (χ4v) is 1.38. The summed E-state index contributed by atoms with van der Waals surface area (Å²) in [6, 6.07) is 0. The molecule has 3 nitrogen and oxygen atoms in total. The van der Waals surface area contributed by atoms with E-state index in [1.807, 2.05) is 6.92 Å². The summed E-state index contributed by atoms with van der Waals surface area (Å²) in [6.07, 6.45) is 7.69. The Morgan fingerprint density at radius 2 is 2.36 bits per heavy atom. The van der Waals surface area contributed by atoms with E-state index in [0.29, 0.717) is 18.4 Å². The molecule has 0 aromatic carbocycles. The van der Waals surface area contributed by atoms with Gasteiger partial charge < -0.3 is 0 Å². The maximum atomic E-state index is 11.6. The monoisotopic (exact) mass is 191 g/mol. The zero-order valence-electron chi connectivity index (χ0n) is 8.36. The first-order valence-corrected chi connectivity index (χ1v) is 4.55. The van der Waals surface area contributed by atoms with Gasteiger partial charge in [-0.3, -0.25) is 14.6 Å². The lowest BCUT2D eigenvalue weighted by Gasteiger charge is -2.18. The fraction of sp³-hybridized carbons (Fsp3) is 0.364. The van der Waals surface area contributed by atoms with E-state index < -0.39 is 5.41 Å². The highest BCUT2D eigenvalue weighted by Gasteiger charge is 2.27. The smallest absolute Gasteiger partial charge is 0.168 e. The minimum atomic E-state index is -0.693. The van der Waals surface area contributed by atoms with E-state index in [0.717, 1.165) is 0 Å². The van der Waals surface area contributed by atoms with Gasteiger partial charge in [0.2, 0.25) is 0 Å². The maximum Gasteiger partial charge on any atom is 0.168 e. The predicted octanol–water partition coefficient (Wildman–Crippen LogP) is 1.70. The lowest BCUT2D eigenvalue weighted by molar-refractivity contribution is -0.123. The van der Waals surface area contributed by atoms with Gasteiger partial charge in [0.05, 0.1) is 11.1 Å². The van der Waals surface area contributed by atoms with Crippen LogP contribution in [0, 0.1) is 5.41 Å². The van der Waals surface area contributed by atoms with Crippen molar-refractivity contribution in [2.45, 2.75) is 20.3 Å². The predicted molar refractivity (Wildman–Crippen MR) is 55.2 cm³/mol. The Kier molecular flexibility index (Phi) is 3.12. The Labute approximate surface area is 83.2 Å². The van der Waals surface area contributed by atoms with Gasteiger partial charge in [-0.15, -0.1) is 0 Å². The number of ketones is 1. The van der Waals surface area contributed by atoms with Crippen LogP contribution in [0.3, 0.4) is 0 Å². The van der Waals surface area contributed by atoms with Crippen molar-refractivity contribution >= 4 is 18.3 Å². The number of carbonyl (C=O) groups excluding carboxylic acids is 2. The number of hydrogen-bond donors (Lipinski definition) is 0. The minimum Gasteiger partial charge on any atom is -0.298 e. The Hall–Kier alpha value is -1.51. The summed E-state index contributed by atoms with van der Waals surface area (Å²) < 4.78 is 0. The lowest BCUT2D eigenvalue weighted by Crippen LogP contribution is -2.22. The highest BCUT2D eigenvalue weighted by molar-refractivity contribution is 5.92. The number of nitrogens with zero attached hydrogens (tertiary/aromatic N) is 1. The lowest BCUT2D eigenvalue weighted by atomic mass is 9.83. The third-order valence-electron chi connectivity index (χ3n) is 2.24. The Balaban J connectivity index is 3.10. The van der Waals surface area contributed by atoms with Crippen LogP contribution >= 0.6 is 0 Å². The van der Waals surface area contributed by atoms with E-state index in [2.05, 4.69) is 4.99 Å². The van der Waals surface area contributed by atoms with Crippen molar-refractivity contribution < 1.29 is 9.59 Å². The van der Waals surface area contributed by atoms with Crippen LogP contribution in [0.2, 0.25) is 0 Å². The molecule has 0 aromatic heterocycles. The molecular weight excluding hydrogens is 178 g/mol. The molecule has 1 heterocycles. The summed E-state index contributed by atoms with van der Waals surface area (Å²) in [5.41, 5.74) is -0.388. The zero-order chi connectivity index (χ0) is 10.6. The molecule has 1 aliphatic heterocycles. The van der Waals surface area contributed by atoms with Crippen LogP contribution in [0.5, 0.6) is 0 Å². The Morgan fingerprint density at radius 1 is 1.64 bits per heavy atom. The van der Waals surface area contributed by atoms with Crippen LogP contribution in [0.1, 0.15) is 20.3 Å². The maximum absolute atomic E-state index is 11.6. The molecule has 0 spiro atoms. The van der Waals surface area contributed by atoms with E-state index >= 15 is 0 Å². The third kappa shape index (κ3) is 2.05. The molecule has 0 radical (unpaired) electrons. The number of Topliss-reactive ketones (excluding diaryl/α,β-unsaturated/α-hetero) is 1. The van der Waals surface area contributed by atoms with E-state index in [9.17, 15) is 9.59 Å². The van der Waals surface area contributed by atoms with Crippen LogP contribution in [0.25, 0.3) is 0 Å². The molecule has 1 rings (SSSR count). The van der Waals surface area contributed by atoms with Crippen molar-refractivity contribution in [2.75, 3.05) is 0 Å². The van der Waals surface area contributed by atoms with Gasteiger partial charge in [0.25, 0.3) is 0 Å². The van der Waals surface area contributed by atoms with E-state index in [1.54, 1.807) is 25.2 Å². The van der Waals surface area contributed by atoms with Crippen molar-refractivity contribution in [3.8, 4) is 0 Å². The molecule has 0 fully saturated rings. The normalized spacial score (nSPS) is 25.4. The number of carbonyl (C=O) groups is 2. The van der Waals surface area contributed by atoms with Crippen molar-refractivity contribution in [3.63, 3.8) is 0 Å². The van der Waals surface area contributed by atoms with Crippen molar-refractivity contribution in [2.24, 2.45) is 10.4 Å². The molecule has 1 aliphatic rings. The third-order valence-corrected chi connectivity index (χ3v) is 2.24. The largest absolute Gasteiger partial charge is 0.298 e.